The second kappa shape index (κ2) is 10.8. The van der Waals surface area contributed by atoms with Crippen molar-refractivity contribution in [2.24, 2.45) is 0 Å². The Kier molecular flexibility index (Phi) is 7.58. The van der Waals surface area contributed by atoms with E-state index in [2.05, 4.69) is 76.5 Å². The Hall–Kier alpha value is -3.25. The second-order valence-electron chi connectivity index (χ2n) is 8.85. The Morgan fingerprint density at radius 1 is 1.03 bits per heavy atom. The maximum absolute atomic E-state index is 13.2. The van der Waals surface area contributed by atoms with E-state index in [1.54, 1.807) is 0 Å². The minimum atomic E-state index is -0.0769. The summed E-state index contributed by atoms with van der Waals surface area (Å²) in [6, 6.07) is 12.3. The van der Waals surface area contributed by atoms with Crippen molar-refractivity contribution in [3.63, 3.8) is 0 Å². The molecule has 1 saturated heterocycles. The molecule has 0 bridgehead atoms. The lowest BCUT2D eigenvalue weighted by atomic mass is 10.1. The first-order valence-electron chi connectivity index (χ1n) is 12.2. The maximum atomic E-state index is 13.2. The number of morpholine rings is 1. The molecule has 1 N–H and O–H groups in total. The zero-order valence-corrected chi connectivity index (χ0v) is 20.8. The molecule has 6 heteroatoms. The first kappa shape index (κ1) is 23.9. The molecule has 0 atom stereocenters. The third-order valence-corrected chi connectivity index (χ3v) is 6.69. The van der Waals surface area contributed by atoms with Crippen LogP contribution in [0.5, 0.6) is 0 Å². The third kappa shape index (κ3) is 5.28. The van der Waals surface area contributed by atoms with Gasteiger partial charge in [-0.2, -0.15) is 0 Å². The molecule has 2 aromatic carbocycles. The number of hydrogen-bond donors (Lipinski definition) is 1. The van der Waals surface area contributed by atoms with E-state index in [0.717, 1.165) is 74.1 Å². The fourth-order valence-corrected chi connectivity index (χ4v) is 4.57. The predicted molar refractivity (Wildman–Crippen MR) is 141 cm³/mol. The van der Waals surface area contributed by atoms with Crippen molar-refractivity contribution in [2.45, 2.75) is 27.7 Å². The number of anilines is 3. The Labute approximate surface area is 203 Å². The van der Waals surface area contributed by atoms with E-state index in [1.807, 2.05) is 26.0 Å². The number of rotatable bonds is 7. The van der Waals surface area contributed by atoms with Crippen LogP contribution in [-0.4, -0.2) is 56.7 Å². The van der Waals surface area contributed by atoms with Gasteiger partial charge in [-0.15, -0.1) is 0 Å². The Balaban J connectivity index is 1.49. The first-order valence-corrected chi connectivity index (χ1v) is 12.2. The molecule has 0 unspecified atom stereocenters. The molecule has 4 rings (SSSR count). The van der Waals surface area contributed by atoms with Gasteiger partial charge >= 0.3 is 0 Å². The molecule has 180 valence electrons. The minimum Gasteiger partial charge on any atom is -0.378 e. The summed E-state index contributed by atoms with van der Waals surface area (Å²) in [5.74, 6) is -0.0769. The number of carbonyl (C=O) groups excluding carboxylic acids is 1. The summed E-state index contributed by atoms with van der Waals surface area (Å²) in [5, 5.41) is 3.15. The molecule has 6 nitrogen and oxygen atoms in total. The summed E-state index contributed by atoms with van der Waals surface area (Å²) in [4.78, 5) is 20.1. The van der Waals surface area contributed by atoms with E-state index in [-0.39, 0.29) is 5.91 Å². The Morgan fingerprint density at radius 2 is 1.79 bits per heavy atom. The number of carbonyl (C=O) groups is 1. The smallest absolute Gasteiger partial charge is 0.255 e. The van der Waals surface area contributed by atoms with E-state index in [4.69, 9.17) is 4.74 Å². The van der Waals surface area contributed by atoms with Gasteiger partial charge in [0.05, 0.1) is 19.8 Å². The second-order valence-corrected chi connectivity index (χ2v) is 8.85. The molecule has 0 spiro atoms. The van der Waals surface area contributed by atoms with Gasteiger partial charge in [0.25, 0.3) is 5.91 Å². The molecule has 2 heterocycles. The zero-order valence-electron chi connectivity index (χ0n) is 20.8. The number of benzene rings is 2. The van der Waals surface area contributed by atoms with Gasteiger partial charge in [0.1, 0.15) is 0 Å². The number of hydrogen-bond acceptors (Lipinski definition) is 5. The number of ether oxygens (including phenoxy) is 1. The van der Waals surface area contributed by atoms with Crippen LogP contribution in [0.4, 0.5) is 17.1 Å². The van der Waals surface area contributed by atoms with Crippen LogP contribution in [-0.2, 0) is 4.74 Å². The third-order valence-electron chi connectivity index (χ3n) is 6.69. The van der Waals surface area contributed by atoms with E-state index >= 15 is 0 Å². The van der Waals surface area contributed by atoms with Gasteiger partial charge in [0.2, 0.25) is 0 Å². The van der Waals surface area contributed by atoms with Crippen LogP contribution in [0, 0.1) is 13.8 Å². The highest BCUT2D eigenvalue weighted by Crippen LogP contribution is 2.28. The summed E-state index contributed by atoms with van der Waals surface area (Å²) in [5.41, 5.74) is 7.07. The van der Waals surface area contributed by atoms with E-state index in [0.29, 0.717) is 5.56 Å². The molecule has 0 aromatic heterocycles. The van der Waals surface area contributed by atoms with Crippen LogP contribution in [0.2, 0.25) is 0 Å². The fraction of sp³-hybridized carbons (Fsp3) is 0.393. The zero-order chi connectivity index (χ0) is 24.1. The van der Waals surface area contributed by atoms with Crippen LogP contribution in [0.25, 0.3) is 0 Å². The van der Waals surface area contributed by atoms with Crippen LogP contribution < -0.4 is 15.1 Å². The van der Waals surface area contributed by atoms with Crippen molar-refractivity contribution in [2.75, 3.05) is 61.1 Å². The highest BCUT2D eigenvalue weighted by molar-refractivity contribution is 6.06. The van der Waals surface area contributed by atoms with Crippen molar-refractivity contribution in [1.82, 2.24) is 4.90 Å². The van der Waals surface area contributed by atoms with Gasteiger partial charge in [-0.3, -0.25) is 4.79 Å². The lowest BCUT2D eigenvalue weighted by molar-refractivity contribution is 0.0530. The first-order chi connectivity index (χ1) is 16.5. The summed E-state index contributed by atoms with van der Waals surface area (Å²) in [6.07, 6.45) is 6.37. The molecule has 2 aliphatic heterocycles. The normalized spacial score (nSPS) is 15.8. The number of aryl methyl sites for hydroxylation is 2. The van der Waals surface area contributed by atoms with Gasteiger partial charge < -0.3 is 24.8 Å². The average molecular weight is 461 g/mol. The molecule has 2 aromatic rings. The average Bonchev–Trinajstić information content (AvgIpc) is 2.87. The molecule has 0 radical (unpaired) electrons. The summed E-state index contributed by atoms with van der Waals surface area (Å²) < 4.78 is 5.50. The summed E-state index contributed by atoms with van der Waals surface area (Å²) >= 11 is 0. The van der Waals surface area contributed by atoms with Crippen LogP contribution >= 0.6 is 0 Å². The quantitative estimate of drug-likeness (QED) is 0.633. The van der Waals surface area contributed by atoms with Crippen molar-refractivity contribution in [3.8, 4) is 0 Å². The molecule has 0 aliphatic carbocycles. The van der Waals surface area contributed by atoms with Crippen molar-refractivity contribution in [1.29, 1.82) is 0 Å². The van der Waals surface area contributed by atoms with Crippen molar-refractivity contribution >= 4 is 23.0 Å². The SMILES string of the molecule is CCN(CC)c1ccc(C(=O)Nc2cc(N3C=CC=C(N4CCOCC4)C3)ccc2C)c(C)c1. The predicted octanol–water partition coefficient (Wildman–Crippen LogP) is 4.95. The minimum absolute atomic E-state index is 0.0769. The molecule has 0 saturated carbocycles. The number of allylic oxidation sites excluding steroid dienone is 2. The van der Waals surface area contributed by atoms with Crippen molar-refractivity contribution < 1.29 is 9.53 Å². The molecular weight excluding hydrogens is 424 g/mol. The highest BCUT2D eigenvalue weighted by Gasteiger charge is 2.19. The summed E-state index contributed by atoms with van der Waals surface area (Å²) in [7, 11) is 0. The molecule has 1 amide bonds. The largest absolute Gasteiger partial charge is 0.378 e. The summed E-state index contributed by atoms with van der Waals surface area (Å²) in [6.45, 7) is 14.4. The monoisotopic (exact) mass is 460 g/mol. The van der Waals surface area contributed by atoms with Crippen LogP contribution in [0.15, 0.2) is 60.4 Å². The van der Waals surface area contributed by atoms with Crippen LogP contribution in [0.3, 0.4) is 0 Å². The van der Waals surface area contributed by atoms with Crippen molar-refractivity contribution in [3.05, 3.63) is 77.1 Å². The van der Waals surface area contributed by atoms with Gasteiger partial charge in [-0.1, -0.05) is 6.07 Å². The van der Waals surface area contributed by atoms with Gasteiger partial charge in [-0.25, -0.2) is 0 Å². The number of nitrogens with one attached hydrogen (secondary N) is 1. The van der Waals surface area contributed by atoms with Crippen LogP contribution in [0.1, 0.15) is 35.3 Å². The maximum Gasteiger partial charge on any atom is 0.255 e. The van der Waals surface area contributed by atoms with E-state index in [9.17, 15) is 4.79 Å². The Morgan fingerprint density at radius 3 is 2.50 bits per heavy atom. The standard InChI is InChI=1S/C28H36N4O2/c1-5-30(6-2)23-11-12-26(22(4)18-23)28(33)29-27-19-24(10-9-21(27)3)32-13-7-8-25(20-32)31-14-16-34-17-15-31/h7-13,18-19H,5-6,14-17,20H2,1-4H3,(H,29,33). The van der Waals surface area contributed by atoms with Gasteiger partial charge in [-0.05, 0) is 81.3 Å². The molecule has 34 heavy (non-hydrogen) atoms. The van der Waals surface area contributed by atoms with Gasteiger partial charge in [0, 0.05) is 60.7 Å². The number of amides is 1. The highest BCUT2D eigenvalue weighted by atomic mass is 16.5. The van der Waals surface area contributed by atoms with Gasteiger partial charge in [0.15, 0.2) is 0 Å². The Bertz CT molecular complexity index is 1080. The topological polar surface area (TPSA) is 48.1 Å². The molecule has 1 fully saturated rings. The molecular formula is C28H36N4O2. The fourth-order valence-electron chi connectivity index (χ4n) is 4.57. The van der Waals surface area contributed by atoms with E-state index < -0.39 is 0 Å². The number of nitrogens with zero attached hydrogens (tertiary/aromatic N) is 3. The lowest BCUT2D eigenvalue weighted by Crippen LogP contribution is -2.39. The molecule has 2 aliphatic rings. The lowest BCUT2D eigenvalue weighted by Gasteiger charge is -2.35. The van der Waals surface area contributed by atoms with E-state index in [1.165, 1.54) is 5.70 Å².